The van der Waals surface area contributed by atoms with E-state index in [1.807, 2.05) is 52.0 Å². The molecule has 2 aliphatic rings. The van der Waals surface area contributed by atoms with E-state index in [9.17, 15) is 47.8 Å². The molecule has 2 fully saturated rings. The van der Waals surface area contributed by atoms with Crippen LogP contribution in [0, 0.1) is 24.0 Å². The Morgan fingerprint density at radius 3 is 2.34 bits per heavy atom. The molecule has 16 nitrogen and oxygen atoms in total. The van der Waals surface area contributed by atoms with Crippen molar-refractivity contribution in [3.8, 4) is 10.4 Å². The van der Waals surface area contributed by atoms with Gasteiger partial charge in [-0.2, -0.15) is 0 Å². The molecular formula is C49H56F2N8O8S. The maximum Gasteiger partial charge on any atom is 0.268 e. The van der Waals surface area contributed by atoms with E-state index in [2.05, 4.69) is 31.2 Å². The van der Waals surface area contributed by atoms with Gasteiger partial charge in [0.2, 0.25) is 23.3 Å². The predicted octanol–water partition coefficient (Wildman–Crippen LogP) is 4.76. The Hall–Kier alpha value is -6.57. The Balaban J connectivity index is 0.843. The summed E-state index contributed by atoms with van der Waals surface area (Å²) in [4.78, 5) is 91.0. The number of aromatic nitrogens is 2. The topological polar surface area (TPSA) is 226 Å². The highest BCUT2D eigenvalue weighted by atomic mass is 32.1. The van der Waals surface area contributed by atoms with E-state index in [1.165, 1.54) is 9.80 Å². The number of aliphatic hydroxyl groups is 2. The van der Waals surface area contributed by atoms with E-state index in [4.69, 9.17) is 0 Å². The molecular weight excluding hydrogens is 899 g/mol. The molecule has 4 atom stereocenters. The van der Waals surface area contributed by atoms with Gasteiger partial charge in [0, 0.05) is 74.6 Å². The van der Waals surface area contributed by atoms with E-state index in [0.717, 1.165) is 33.8 Å². The van der Waals surface area contributed by atoms with Crippen LogP contribution in [0.1, 0.15) is 86.6 Å². The molecule has 2 saturated heterocycles. The summed E-state index contributed by atoms with van der Waals surface area (Å²) in [6.45, 7) is 7.68. The zero-order valence-electron chi connectivity index (χ0n) is 38.3. The molecule has 4 heterocycles. The molecule has 3 aromatic carbocycles. The quantitative estimate of drug-likeness (QED) is 0.0503. The van der Waals surface area contributed by atoms with Gasteiger partial charge in [0.1, 0.15) is 29.4 Å². The minimum Gasteiger partial charge on any atom is -0.391 e. The van der Waals surface area contributed by atoms with E-state index in [-0.39, 0.29) is 74.4 Å². The number of nitrogens with zero attached hydrogens (tertiary/aromatic N) is 3. The summed E-state index contributed by atoms with van der Waals surface area (Å²) in [6.07, 6.45) is 0.752. The number of aromatic amines is 1. The normalized spacial score (nSPS) is 18.7. The van der Waals surface area contributed by atoms with Gasteiger partial charge in [-0.05, 0) is 78.3 Å². The zero-order chi connectivity index (χ0) is 48.9. The molecule has 0 radical (unpaired) electrons. The molecule has 0 aliphatic carbocycles. The second-order valence-electron chi connectivity index (χ2n) is 18.5. The zero-order valence-corrected chi connectivity index (χ0v) is 39.1. The van der Waals surface area contributed by atoms with E-state index >= 15 is 0 Å². The number of H-pyrrole nitrogens is 1. The van der Waals surface area contributed by atoms with Gasteiger partial charge in [0.25, 0.3) is 17.7 Å². The van der Waals surface area contributed by atoms with Gasteiger partial charge in [0.15, 0.2) is 0 Å². The smallest absolute Gasteiger partial charge is 0.268 e. The standard InChI is InChI=1S/C49H56F2N8O8S/c1-28-41(68-27-55-28)31-11-9-29(10-12-31)24-53-44(63)39-23-36(60)26-59(39)45(64)42(48(2,3)4)57-40(61)8-6-5-7-16-52-43(62)38-21-32-20-35(13-14-37(32)56-38)58-17-15-49(67,47(58)66)46(65)54-25-30-18-33(50)22-34(51)19-30/h9-14,18-22,27,36,39,42,56,60,67H,5-8,15-17,23-26H2,1-4H3,(H,52,62)(H,53,63)(H,54,65)(H,57,61)/t36-,39+,42-,49-/m1/s1. The number of aryl methyl sites for hydroxylation is 1. The van der Waals surface area contributed by atoms with Gasteiger partial charge < -0.3 is 46.3 Å². The Morgan fingerprint density at radius 2 is 1.65 bits per heavy atom. The molecule has 360 valence electrons. The SMILES string of the molecule is Cc1ncsc1-c1ccc(CNC(=O)[C@@H]2C[C@@H](O)CN2C(=O)[C@@H](NC(=O)CCCCCNC(=O)c2cc3cc(N4CC[C@@](O)(C(=O)NCc5cc(F)cc(F)c5)C4=O)ccc3[nH]2)C(C)(C)C)cc1. The van der Waals surface area contributed by atoms with Gasteiger partial charge in [-0.25, -0.2) is 13.8 Å². The fourth-order valence-electron chi connectivity index (χ4n) is 8.51. The lowest BCUT2D eigenvalue weighted by molar-refractivity contribution is -0.149. The van der Waals surface area contributed by atoms with Gasteiger partial charge in [-0.15, -0.1) is 11.3 Å². The van der Waals surface area contributed by atoms with Crippen molar-refractivity contribution in [1.82, 2.24) is 36.1 Å². The number of hydrogen-bond donors (Lipinski definition) is 7. The summed E-state index contributed by atoms with van der Waals surface area (Å²) in [5, 5.41) is 33.3. The van der Waals surface area contributed by atoms with Crippen LogP contribution in [0.15, 0.2) is 72.2 Å². The molecule has 7 rings (SSSR count). The van der Waals surface area contributed by atoms with E-state index < -0.39 is 58.6 Å². The molecule has 68 heavy (non-hydrogen) atoms. The van der Waals surface area contributed by atoms with Crippen molar-refractivity contribution in [3.63, 3.8) is 0 Å². The second kappa shape index (κ2) is 20.7. The maximum atomic E-state index is 14.0. The number of benzene rings is 3. The molecule has 0 unspecified atom stereocenters. The number of amides is 6. The Kier molecular flexibility index (Phi) is 15.1. The number of hydrogen-bond acceptors (Lipinski definition) is 10. The third-order valence-corrected chi connectivity index (χ3v) is 13.3. The first-order valence-corrected chi connectivity index (χ1v) is 23.4. The summed E-state index contributed by atoms with van der Waals surface area (Å²) in [6, 6.07) is 15.3. The molecule has 19 heteroatoms. The lowest BCUT2D eigenvalue weighted by Gasteiger charge is -2.35. The van der Waals surface area contributed by atoms with Crippen LogP contribution in [0.25, 0.3) is 21.3 Å². The van der Waals surface area contributed by atoms with Crippen LogP contribution in [0.3, 0.4) is 0 Å². The van der Waals surface area contributed by atoms with Crippen LogP contribution in [-0.2, 0) is 37.1 Å². The Labute approximate surface area is 395 Å². The molecule has 7 N–H and O–H groups in total. The van der Waals surface area contributed by atoms with Gasteiger partial charge >= 0.3 is 0 Å². The number of unbranched alkanes of at least 4 members (excludes halogenated alkanes) is 2. The number of thiazole rings is 1. The van der Waals surface area contributed by atoms with Gasteiger partial charge in [-0.3, -0.25) is 28.8 Å². The second-order valence-corrected chi connectivity index (χ2v) is 19.3. The minimum absolute atomic E-state index is 0.0223. The summed E-state index contributed by atoms with van der Waals surface area (Å²) >= 11 is 1.56. The summed E-state index contributed by atoms with van der Waals surface area (Å²) in [7, 11) is 0. The number of anilines is 1. The monoisotopic (exact) mass is 954 g/mol. The van der Waals surface area contributed by atoms with Crippen molar-refractivity contribution in [2.24, 2.45) is 5.41 Å². The van der Waals surface area contributed by atoms with Crippen LogP contribution in [-0.4, -0.2) is 104 Å². The molecule has 2 aromatic heterocycles. The van der Waals surface area contributed by atoms with Crippen LogP contribution < -0.4 is 26.2 Å². The third kappa shape index (κ3) is 11.4. The Bertz CT molecular complexity index is 2680. The number of carbonyl (C=O) groups excluding carboxylic acids is 6. The summed E-state index contributed by atoms with van der Waals surface area (Å²) in [5.74, 6) is -5.04. The number of β-amino-alcohol motifs (C(OH)–C–C–N with tert-alkyl or cyclic N) is 1. The first kappa shape index (κ1) is 49.3. The number of fused-ring (bicyclic) bond motifs is 1. The molecule has 0 saturated carbocycles. The van der Waals surface area contributed by atoms with Crippen molar-refractivity contribution < 1.29 is 47.8 Å². The van der Waals surface area contributed by atoms with Crippen molar-refractivity contribution in [2.75, 3.05) is 24.5 Å². The van der Waals surface area contributed by atoms with E-state index in [0.29, 0.717) is 48.5 Å². The highest BCUT2D eigenvalue weighted by Gasteiger charge is 2.52. The van der Waals surface area contributed by atoms with Crippen LogP contribution in [0.5, 0.6) is 0 Å². The molecule has 5 aromatic rings. The number of rotatable bonds is 17. The maximum absolute atomic E-state index is 14.0. The predicted molar refractivity (Wildman–Crippen MR) is 251 cm³/mol. The number of nitrogens with one attached hydrogen (secondary N) is 5. The first-order valence-electron chi connectivity index (χ1n) is 22.5. The molecule has 2 aliphatic heterocycles. The van der Waals surface area contributed by atoms with Crippen LogP contribution in [0.4, 0.5) is 14.5 Å². The van der Waals surface area contributed by atoms with Crippen molar-refractivity contribution in [2.45, 2.75) is 103 Å². The summed E-state index contributed by atoms with van der Waals surface area (Å²) in [5.41, 5.74) is 2.95. The highest BCUT2D eigenvalue weighted by Crippen LogP contribution is 2.32. The third-order valence-electron chi connectivity index (χ3n) is 12.3. The largest absolute Gasteiger partial charge is 0.391 e. The lowest BCUT2D eigenvalue weighted by atomic mass is 9.85. The van der Waals surface area contributed by atoms with Crippen LogP contribution >= 0.6 is 11.3 Å². The average molecular weight is 955 g/mol. The average Bonchev–Trinajstić information content (AvgIpc) is 4.09. The summed E-state index contributed by atoms with van der Waals surface area (Å²) < 4.78 is 27.2. The number of likely N-dealkylation sites (tertiary alicyclic amines) is 1. The fraction of sp³-hybridized carbons (Fsp3) is 0.408. The van der Waals surface area contributed by atoms with Crippen molar-refractivity contribution >= 4 is 63.4 Å². The lowest BCUT2D eigenvalue weighted by Crippen LogP contribution is -2.57. The molecule has 0 spiro atoms. The number of aliphatic hydroxyl groups excluding tert-OH is 1. The number of carbonyl (C=O) groups is 6. The highest BCUT2D eigenvalue weighted by molar-refractivity contribution is 7.13. The van der Waals surface area contributed by atoms with Gasteiger partial charge in [0.05, 0.1) is 22.2 Å². The Morgan fingerprint density at radius 1 is 0.926 bits per heavy atom. The first-order chi connectivity index (χ1) is 32.3. The van der Waals surface area contributed by atoms with Crippen molar-refractivity contribution in [3.05, 3.63) is 106 Å². The van der Waals surface area contributed by atoms with Crippen molar-refractivity contribution in [1.29, 1.82) is 0 Å². The fourth-order valence-corrected chi connectivity index (χ4v) is 9.32. The minimum atomic E-state index is -2.39. The van der Waals surface area contributed by atoms with Crippen LogP contribution in [0.2, 0.25) is 0 Å². The molecule has 6 amide bonds. The number of halogens is 2. The molecule has 0 bridgehead atoms. The van der Waals surface area contributed by atoms with E-state index in [1.54, 1.807) is 41.1 Å². The van der Waals surface area contributed by atoms with Gasteiger partial charge in [-0.1, -0.05) is 51.5 Å².